The van der Waals surface area contributed by atoms with Crippen LogP contribution in [0.2, 0.25) is 0 Å². The predicted molar refractivity (Wildman–Crippen MR) is 172 cm³/mol. The van der Waals surface area contributed by atoms with Crippen molar-refractivity contribution >= 4 is 55.8 Å². The van der Waals surface area contributed by atoms with E-state index in [1.165, 1.54) is 67.5 Å². The number of fused-ring (bicyclic) bond motifs is 5. The van der Waals surface area contributed by atoms with Gasteiger partial charge in [-0.2, -0.15) is 5.12 Å². The van der Waals surface area contributed by atoms with Gasteiger partial charge >= 0.3 is 5.97 Å². The van der Waals surface area contributed by atoms with E-state index in [2.05, 4.69) is 10.3 Å². The van der Waals surface area contributed by atoms with Crippen LogP contribution in [0.25, 0.3) is 28.0 Å². The number of amidine groups is 1. The summed E-state index contributed by atoms with van der Waals surface area (Å²) in [5.41, 5.74) is 2.35. The van der Waals surface area contributed by atoms with Crippen LogP contribution in [0.15, 0.2) is 99.3 Å². The van der Waals surface area contributed by atoms with E-state index in [4.69, 9.17) is 4.42 Å². The highest BCUT2D eigenvalue weighted by molar-refractivity contribution is 7.92. The molecule has 4 aromatic rings. The Bertz CT molecular complexity index is 2290. The summed E-state index contributed by atoms with van der Waals surface area (Å²) < 4.78 is 63.4. The van der Waals surface area contributed by atoms with E-state index in [-0.39, 0.29) is 62.9 Å². The van der Waals surface area contributed by atoms with E-state index in [0.717, 1.165) is 16.1 Å². The van der Waals surface area contributed by atoms with Crippen molar-refractivity contribution < 1.29 is 36.4 Å². The Kier molecular flexibility index (Phi) is 6.79. The molecule has 3 aromatic carbocycles. The quantitative estimate of drug-likeness (QED) is 0.271. The summed E-state index contributed by atoms with van der Waals surface area (Å²) in [4.78, 5) is 31.2. The Morgan fingerprint density at radius 2 is 1.81 bits per heavy atom. The van der Waals surface area contributed by atoms with E-state index in [0.29, 0.717) is 22.1 Å². The maximum absolute atomic E-state index is 16.9. The van der Waals surface area contributed by atoms with Gasteiger partial charge in [0.2, 0.25) is 15.9 Å². The summed E-state index contributed by atoms with van der Waals surface area (Å²) in [7, 11) is -1.17. The van der Waals surface area contributed by atoms with Gasteiger partial charge < -0.3 is 14.8 Å². The van der Waals surface area contributed by atoms with Gasteiger partial charge in [-0.25, -0.2) is 22.6 Å². The summed E-state index contributed by atoms with van der Waals surface area (Å²) in [6, 6.07) is 15.3. The summed E-state index contributed by atoms with van der Waals surface area (Å²) in [5.74, 6) is -2.51. The van der Waals surface area contributed by atoms with Crippen molar-refractivity contribution in [1.29, 1.82) is 0 Å². The van der Waals surface area contributed by atoms with E-state index in [1.54, 1.807) is 18.2 Å². The van der Waals surface area contributed by atoms with Gasteiger partial charge in [0.1, 0.15) is 22.9 Å². The predicted octanol–water partition coefficient (Wildman–Crippen LogP) is 5.19. The first kappa shape index (κ1) is 29.9. The number of hydrogen-bond acceptors (Lipinski definition) is 8. The standard InChI is InChI=1S/C33H25F2N5O6S/c1-36-32(41)28-21-15-20(25(38(2)47(3,44)45)16-27(21)46-30(28)17-8-10-19(34)11-9-17)24-13-12-22-29(40(24)35)26-14-18-6-4-5-7-23(18)39(26)31(37-22)33(42)43/h4-13,15-16H,14H2,1-3H3,(H,36,41)(H,42,43). The summed E-state index contributed by atoms with van der Waals surface area (Å²) >= 11 is 0. The lowest BCUT2D eigenvalue weighted by atomic mass is 9.98. The zero-order valence-electron chi connectivity index (χ0n) is 25.1. The number of nitrogens with zero attached hydrogens (tertiary/aromatic N) is 4. The van der Waals surface area contributed by atoms with Crippen LogP contribution in [0.4, 0.5) is 20.2 Å². The van der Waals surface area contributed by atoms with Gasteiger partial charge in [0.15, 0.2) is 0 Å². The number of anilines is 2. The molecule has 7 rings (SSSR count). The third kappa shape index (κ3) is 4.67. The van der Waals surface area contributed by atoms with Crippen LogP contribution in [-0.4, -0.2) is 56.7 Å². The molecule has 0 saturated carbocycles. The summed E-state index contributed by atoms with van der Waals surface area (Å²) in [6.07, 6.45) is 4.03. The van der Waals surface area contributed by atoms with Crippen LogP contribution in [0.1, 0.15) is 21.5 Å². The number of carbonyl (C=O) groups excluding carboxylic acids is 1. The number of amides is 1. The molecule has 0 bridgehead atoms. The molecule has 0 atom stereocenters. The maximum Gasteiger partial charge on any atom is 0.372 e. The zero-order valence-corrected chi connectivity index (χ0v) is 25.9. The highest BCUT2D eigenvalue weighted by atomic mass is 32.2. The maximum atomic E-state index is 16.9. The molecule has 3 aliphatic rings. The van der Waals surface area contributed by atoms with Crippen LogP contribution in [0, 0.1) is 5.82 Å². The fraction of sp³-hybridized carbons (Fsp3) is 0.121. The SMILES string of the molecule is CNC(=O)c1c(-c2ccc(F)cc2)oc2cc(N(C)S(C)(=O)=O)c(C3=CC=C4N=C(C(=O)O)N5C(=C4N3F)Cc3ccccc35)cc12. The lowest BCUT2D eigenvalue weighted by molar-refractivity contribution is -0.129. The third-order valence-electron chi connectivity index (χ3n) is 8.29. The zero-order chi connectivity index (χ0) is 33.4. The topological polar surface area (TPSA) is 136 Å². The van der Waals surface area contributed by atoms with E-state index < -0.39 is 27.7 Å². The number of sulfonamides is 1. The number of nitrogens with one attached hydrogen (secondary N) is 1. The number of furan rings is 1. The smallest absolute Gasteiger partial charge is 0.372 e. The molecule has 4 heterocycles. The Hall–Kier alpha value is -5.76. The molecule has 47 heavy (non-hydrogen) atoms. The van der Waals surface area contributed by atoms with Crippen molar-refractivity contribution in [2.75, 3.05) is 29.6 Å². The summed E-state index contributed by atoms with van der Waals surface area (Å²) in [5, 5.41) is 13.2. The molecule has 0 saturated heterocycles. The molecule has 1 amide bonds. The molecule has 238 valence electrons. The van der Waals surface area contributed by atoms with Crippen molar-refractivity contribution in [2.45, 2.75) is 6.42 Å². The molecule has 3 aliphatic heterocycles. The number of hydrogen-bond donors (Lipinski definition) is 2. The van der Waals surface area contributed by atoms with Gasteiger partial charge in [-0.15, -0.1) is 0 Å². The van der Waals surface area contributed by atoms with Gasteiger partial charge in [0.05, 0.1) is 40.3 Å². The molecule has 11 nitrogen and oxygen atoms in total. The molecular formula is C33H25F2N5O6S. The Morgan fingerprint density at radius 1 is 1.09 bits per heavy atom. The van der Waals surface area contributed by atoms with Gasteiger partial charge in [-0.3, -0.25) is 14.0 Å². The van der Waals surface area contributed by atoms with Crippen molar-refractivity contribution in [3.05, 3.63) is 112 Å². The number of benzene rings is 3. The summed E-state index contributed by atoms with van der Waals surface area (Å²) in [6.45, 7) is 0. The monoisotopic (exact) mass is 657 g/mol. The van der Waals surface area contributed by atoms with Gasteiger partial charge in [-0.05, 0) is 54.1 Å². The number of carbonyl (C=O) groups is 2. The van der Waals surface area contributed by atoms with Crippen molar-refractivity contribution in [3.63, 3.8) is 0 Å². The third-order valence-corrected chi connectivity index (χ3v) is 9.48. The van der Waals surface area contributed by atoms with Crippen LogP contribution >= 0.6 is 0 Å². The van der Waals surface area contributed by atoms with Crippen molar-refractivity contribution in [3.8, 4) is 11.3 Å². The number of aliphatic carboxylic acids is 1. The highest BCUT2D eigenvalue weighted by Crippen LogP contribution is 2.47. The molecule has 0 spiro atoms. The van der Waals surface area contributed by atoms with Crippen molar-refractivity contribution in [1.82, 2.24) is 10.4 Å². The number of para-hydroxylation sites is 1. The Morgan fingerprint density at radius 3 is 2.49 bits per heavy atom. The lowest BCUT2D eigenvalue weighted by Crippen LogP contribution is -2.39. The van der Waals surface area contributed by atoms with Crippen LogP contribution in [0.5, 0.6) is 0 Å². The molecule has 2 N–H and O–H groups in total. The fourth-order valence-corrected chi connectivity index (χ4v) is 6.53. The first-order chi connectivity index (χ1) is 22.4. The van der Waals surface area contributed by atoms with E-state index in [1.807, 2.05) is 6.07 Å². The van der Waals surface area contributed by atoms with Crippen LogP contribution < -0.4 is 14.5 Å². The van der Waals surface area contributed by atoms with E-state index >= 15 is 4.48 Å². The number of halogens is 2. The number of carboxylic acid groups (broad SMARTS) is 1. The number of rotatable bonds is 6. The Labute approximate surface area is 267 Å². The average Bonchev–Trinajstić information content (AvgIpc) is 3.61. The second kappa shape index (κ2) is 10.7. The molecule has 0 unspecified atom stereocenters. The molecule has 0 radical (unpaired) electrons. The molecule has 0 fully saturated rings. The van der Waals surface area contributed by atoms with E-state index in [9.17, 15) is 27.5 Å². The lowest BCUT2D eigenvalue weighted by Gasteiger charge is -2.34. The molecular weight excluding hydrogens is 632 g/mol. The van der Waals surface area contributed by atoms with Crippen LogP contribution in [0.3, 0.4) is 0 Å². The molecule has 1 aromatic heterocycles. The first-order valence-electron chi connectivity index (χ1n) is 14.2. The molecule has 14 heteroatoms. The highest BCUT2D eigenvalue weighted by Gasteiger charge is 2.41. The minimum atomic E-state index is -3.90. The number of carboxylic acids is 1. The van der Waals surface area contributed by atoms with Gasteiger partial charge in [0, 0.05) is 43.1 Å². The fourth-order valence-electron chi connectivity index (χ4n) is 6.02. The number of aliphatic imine (C=N–C) groups is 1. The first-order valence-corrected chi connectivity index (χ1v) is 16.1. The Balaban J connectivity index is 1.48. The minimum absolute atomic E-state index is 0.0116. The van der Waals surface area contributed by atoms with Crippen LogP contribution in [-0.2, 0) is 21.2 Å². The molecule has 0 aliphatic carbocycles. The second-order valence-electron chi connectivity index (χ2n) is 11.0. The van der Waals surface area contributed by atoms with Gasteiger partial charge in [-0.1, -0.05) is 22.7 Å². The average molecular weight is 658 g/mol. The number of allylic oxidation sites excluding steroid dienone is 3. The normalized spacial score (nSPS) is 15.5. The second-order valence-corrected chi connectivity index (χ2v) is 13.1. The largest absolute Gasteiger partial charge is 0.475 e. The van der Waals surface area contributed by atoms with Crippen molar-refractivity contribution in [2.24, 2.45) is 4.99 Å². The minimum Gasteiger partial charge on any atom is -0.475 e. The van der Waals surface area contributed by atoms with Gasteiger partial charge in [0.25, 0.3) is 5.91 Å².